The average molecular weight is 211 g/mol. The molecule has 3 atom stereocenters. The first-order valence-corrected chi connectivity index (χ1v) is 6.14. The Morgan fingerprint density at radius 2 is 2.20 bits per heavy atom. The highest BCUT2D eigenvalue weighted by atomic mass is 16.4. The van der Waals surface area contributed by atoms with Crippen molar-refractivity contribution in [2.24, 2.45) is 5.92 Å². The zero-order valence-electron chi connectivity index (χ0n) is 9.48. The minimum Gasteiger partial charge on any atom is -0.481 e. The van der Waals surface area contributed by atoms with Crippen LogP contribution in [0.15, 0.2) is 0 Å². The van der Waals surface area contributed by atoms with Gasteiger partial charge in [-0.25, -0.2) is 0 Å². The number of carbonyl (C=O) groups is 1. The second kappa shape index (κ2) is 4.52. The molecule has 1 aliphatic heterocycles. The van der Waals surface area contributed by atoms with E-state index >= 15 is 0 Å². The number of rotatable bonds is 3. The second-order valence-electron chi connectivity index (χ2n) is 5.16. The summed E-state index contributed by atoms with van der Waals surface area (Å²) in [6.45, 7) is 3.53. The zero-order valence-corrected chi connectivity index (χ0v) is 9.48. The van der Waals surface area contributed by atoms with Gasteiger partial charge in [0, 0.05) is 18.5 Å². The third kappa shape index (κ3) is 2.51. The van der Waals surface area contributed by atoms with Gasteiger partial charge in [-0.05, 0) is 51.5 Å². The molecule has 86 valence electrons. The molecule has 2 rings (SSSR count). The Bertz CT molecular complexity index is 242. The van der Waals surface area contributed by atoms with E-state index in [1.54, 1.807) is 0 Å². The van der Waals surface area contributed by atoms with Gasteiger partial charge in [-0.1, -0.05) is 0 Å². The zero-order chi connectivity index (χ0) is 10.8. The van der Waals surface area contributed by atoms with Gasteiger partial charge in [0.15, 0.2) is 0 Å². The first-order chi connectivity index (χ1) is 7.16. The van der Waals surface area contributed by atoms with Crippen LogP contribution in [-0.2, 0) is 4.79 Å². The van der Waals surface area contributed by atoms with Crippen LogP contribution in [0.5, 0.6) is 0 Å². The highest BCUT2D eigenvalue weighted by Crippen LogP contribution is 2.34. The van der Waals surface area contributed by atoms with Crippen molar-refractivity contribution in [1.29, 1.82) is 0 Å². The van der Waals surface area contributed by atoms with E-state index in [1.165, 1.54) is 25.8 Å². The van der Waals surface area contributed by atoms with Crippen LogP contribution >= 0.6 is 0 Å². The van der Waals surface area contributed by atoms with E-state index in [1.807, 2.05) is 0 Å². The van der Waals surface area contributed by atoms with E-state index in [0.717, 1.165) is 18.9 Å². The summed E-state index contributed by atoms with van der Waals surface area (Å²) in [5.41, 5.74) is 0. The van der Waals surface area contributed by atoms with Gasteiger partial charge in [0.05, 0.1) is 0 Å². The van der Waals surface area contributed by atoms with Crippen LogP contribution in [0.4, 0.5) is 0 Å². The number of hydrogen-bond acceptors (Lipinski definition) is 2. The SMILES string of the molecule is CC1CCCN1C1CCC(CC(=O)O)C1. The van der Waals surface area contributed by atoms with Crippen LogP contribution in [0.2, 0.25) is 0 Å². The summed E-state index contributed by atoms with van der Waals surface area (Å²) in [5.74, 6) is -0.199. The topological polar surface area (TPSA) is 40.5 Å². The van der Waals surface area contributed by atoms with E-state index in [4.69, 9.17) is 5.11 Å². The molecule has 1 N–H and O–H groups in total. The number of hydrogen-bond donors (Lipinski definition) is 1. The summed E-state index contributed by atoms with van der Waals surface area (Å²) in [7, 11) is 0. The number of carboxylic acid groups (broad SMARTS) is 1. The number of nitrogens with zero attached hydrogens (tertiary/aromatic N) is 1. The van der Waals surface area contributed by atoms with Crippen molar-refractivity contribution in [1.82, 2.24) is 4.90 Å². The molecular formula is C12H21NO2. The summed E-state index contributed by atoms with van der Waals surface area (Å²) in [5, 5.41) is 8.76. The minimum atomic E-state index is -0.630. The molecule has 0 aromatic rings. The molecule has 3 heteroatoms. The lowest BCUT2D eigenvalue weighted by molar-refractivity contribution is -0.138. The normalized spacial score (nSPS) is 37.3. The fraction of sp³-hybridized carbons (Fsp3) is 0.917. The van der Waals surface area contributed by atoms with Crippen molar-refractivity contribution in [3.05, 3.63) is 0 Å². The van der Waals surface area contributed by atoms with Crippen LogP contribution < -0.4 is 0 Å². The van der Waals surface area contributed by atoms with Gasteiger partial charge in [0.2, 0.25) is 0 Å². The molecule has 2 aliphatic rings. The highest BCUT2D eigenvalue weighted by molar-refractivity contribution is 5.67. The predicted octanol–water partition coefficient (Wildman–Crippen LogP) is 2.11. The summed E-state index contributed by atoms with van der Waals surface area (Å²) >= 11 is 0. The molecule has 1 aliphatic carbocycles. The van der Waals surface area contributed by atoms with Crippen LogP contribution in [-0.4, -0.2) is 34.6 Å². The first kappa shape index (κ1) is 10.9. The van der Waals surface area contributed by atoms with E-state index in [0.29, 0.717) is 18.4 Å². The second-order valence-corrected chi connectivity index (χ2v) is 5.16. The standard InChI is InChI=1S/C12H21NO2/c1-9-3-2-6-13(9)11-5-4-10(7-11)8-12(14)15/h9-11H,2-8H2,1H3,(H,14,15). The van der Waals surface area contributed by atoms with Crippen molar-refractivity contribution < 1.29 is 9.90 Å². The first-order valence-electron chi connectivity index (χ1n) is 6.14. The van der Waals surface area contributed by atoms with Gasteiger partial charge in [0.25, 0.3) is 0 Å². The van der Waals surface area contributed by atoms with Crippen LogP contribution in [0.3, 0.4) is 0 Å². The molecule has 15 heavy (non-hydrogen) atoms. The molecule has 1 saturated heterocycles. The Kier molecular flexibility index (Phi) is 3.29. The number of aliphatic carboxylic acids is 1. The maximum atomic E-state index is 10.6. The Labute approximate surface area is 91.5 Å². The molecule has 0 bridgehead atoms. The lowest BCUT2D eigenvalue weighted by Crippen LogP contribution is -2.36. The van der Waals surface area contributed by atoms with E-state index in [2.05, 4.69) is 11.8 Å². The molecule has 0 radical (unpaired) electrons. The van der Waals surface area contributed by atoms with Crippen LogP contribution in [0.25, 0.3) is 0 Å². The summed E-state index contributed by atoms with van der Waals surface area (Å²) in [6.07, 6.45) is 6.44. The molecule has 0 aromatic carbocycles. The molecule has 1 heterocycles. The van der Waals surface area contributed by atoms with Crippen molar-refractivity contribution in [3.63, 3.8) is 0 Å². The number of carboxylic acids is 1. The summed E-state index contributed by atoms with van der Waals surface area (Å²) in [6, 6.07) is 1.39. The Morgan fingerprint density at radius 3 is 2.80 bits per heavy atom. The lowest BCUT2D eigenvalue weighted by Gasteiger charge is -2.28. The molecule has 3 unspecified atom stereocenters. The molecule has 1 saturated carbocycles. The Morgan fingerprint density at radius 1 is 1.40 bits per heavy atom. The van der Waals surface area contributed by atoms with E-state index in [9.17, 15) is 4.79 Å². The van der Waals surface area contributed by atoms with Crippen molar-refractivity contribution in [3.8, 4) is 0 Å². The van der Waals surface area contributed by atoms with E-state index in [-0.39, 0.29) is 0 Å². The molecule has 0 amide bonds. The van der Waals surface area contributed by atoms with Gasteiger partial charge in [-0.15, -0.1) is 0 Å². The fourth-order valence-corrected chi connectivity index (χ4v) is 3.28. The molecular weight excluding hydrogens is 190 g/mol. The summed E-state index contributed by atoms with van der Waals surface area (Å²) < 4.78 is 0. The quantitative estimate of drug-likeness (QED) is 0.777. The van der Waals surface area contributed by atoms with Gasteiger partial charge in [-0.3, -0.25) is 9.69 Å². The monoisotopic (exact) mass is 211 g/mol. The molecule has 0 spiro atoms. The summed E-state index contributed by atoms with van der Waals surface area (Å²) in [4.78, 5) is 13.2. The molecule has 2 fully saturated rings. The number of likely N-dealkylation sites (tertiary alicyclic amines) is 1. The van der Waals surface area contributed by atoms with Crippen LogP contribution in [0.1, 0.15) is 45.4 Å². The Hall–Kier alpha value is -0.570. The highest BCUT2D eigenvalue weighted by Gasteiger charge is 2.34. The van der Waals surface area contributed by atoms with Gasteiger partial charge in [0.1, 0.15) is 0 Å². The maximum Gasteiger partial charge on any atom is 0.303 e. The average Bonchev–Trinajstić information content (AvgIpc) is 2.72. The van der Waals surface area contributed by atoms with Crippen LogP contribution in [0, 0.1) is 5.92 Å². The largest absolute Gasteiger partial charge is 0.481 e. The van der Waals surface area contributed by atoms with Crippen molar-refractivity contribution in [2.45, 2.75) is 57.5 Å². The van der Waals surface area contributed by atoms with Gasteiger partial charge in [-0.2, -0.15) is 0 Å². The predicted molar refractivity (Wildman–Crippen MR) is 58.8 cm³/mol. The third-order valence-corrected chi connectivity index (χ3v) is 4.05. The van der Waals surface area contributed by atoms with Crippen molar-refractivity contribution in [2.75, 3.05) is 6.54 Å². The Balaban J connectivity index is 1.84. The van der Waals surface area contributed by atoms with Gasteiger partial charge >= 0.3 is 5.97 Å². The maximum absolute atomic E-state index is 10.6. The molecule has 0 aromatic heterocycles. The lowest BCUT2D eigenvalue weighted by atomic mass is 10.0. The van der Waals surface area contributed by atoms with E-state index < -0.39 is 5.97 Å². The van der Waals surface area contributed by atoms with Crippen molar-refractivity contribution >= 4 is 5.97 Å². The minimum absolute atomic E-state index is 0.374. The fourth-order valence-electron chi connectivity index (χ4n) is 3.28. The third-order valence-electron chi connectivity index (χ3n) is 4.05. The molecule has 3 nitrogen and oxygen atoms in total. The van der Waals surface area contributed by atoms with Gasteiger partial charge < -0.3 is 5.11 Å². The smallest absolute Gasteiger partial charge is 0.303 e.